The van der Waals surface area contributed by atoms with E-state index < -0.39 is 0 Å². The molecule has 134 valence electrons. The number of fused-ring (bicyclic) bond motifs is 1. The highest BCUT2D eigenvalue weighted by Crippen LogP contribution is 2.33. The molecule has 1 saturated carbocycles. The highest BCUT2D eigenvalue weighted by Gasteiger charge is 2.18. The van der Waals surface area contributed by atoms with Crippen molar-refractivity contribution >= 4 is 40.8 Å². The van der Waals surface area contributed by atoms with Gasteiger partial charge in [0.1, 0.15) is 11.9 Å². The average Bonchev–Trinajstić information content (AvgIpc) is 3.37. The van der Waals surface area contributed by atoms with Gasteiger partial charge < -0.3 is 16.0 Å². The van der Waals surface area contributed by atoms with Gasteiger partial charge in [0.05, 0.1) is 35.2 Å². The summed E-state index contributed by atoms with van der Waals surface area (Å²) < 4.78 is 0. The van der Waals surface area contributed by atoms with E-state index in [1.807, 2.05) is 24.3 Å². The predicted octanol–water partition coefficient (Wildman–Crippen LogP) is 3.50. The Balaban J connectivity index is 1.57. The van der Waals surface area contributed by atoms with E-state index in [1.165, 1.54) is 6.34 Å². The number of benzene rings is 2. The van der Waals surface area contributed by atoms with E-state index in [9.17, 15) is 0 Å². The second-order valence-corrected chi connectivity index (χ2v) is 7.29. The van der Waals surface area contributed by atoms with E-state index in [0.29, 0.717) is 11.6 Å². The van der Waals surface area contributed by atoms with Crippen molar-refractivity contribution in [3.63, 3.8) is 0 Å². The largest absolute Gasteiger partial charge is 0.369 e. The summed E-state index contributed by atoms with van der Waals surface area (Å²) in [5.41, 5.74) is 9.08. The maximum atomic E-state index is 8.92. The number of nitrogens with one attached hydrogen (secondary N) is 2. The maximum absolute atomic E-state index is 8.92. The number of hydrogen-bond donors (Lipinski definition) is 3. The van der Waals surface area contributed by atoms with Crippen LogP contribution in [-0.2, 0) is 0 Å². The van der Waals surface area contributed by atoms with Crippen LogP contribution < -0.4 is 11.1 Å². The van der Waals surface area contributed by atoms with Gasteiger partial charge in [-0.1, -0.05) is 11.8 Å². The molecule has 0 bridgehead atoms. The summed E-state index contributed by atoms with van der Waals surface area (Å²) in [6.07, 6.45) is 5.41. The number of rotatable bonds is 5. The standard InChI is InChI=1S/C19H17N7S/c20-9-12-1-5-14(6-2-12)27-15-7-16-18(24-11-23-16)17(8-15)26-19(21)25-10-22-13-3-4-13/h1-2,5-8,10-11,13H,3-4H2,(H,23,24)(H3,21,22,25,26). The molecule has 0 radical (unpaired) electrons. The van der Waals surface area contributed by atoms with Crippen LogP contribution in [0.4, 0.5) is 5.69 Å². The van der Waals surface area contributed by atoms with Crippen molar-refractivity contribution in [2.45, 2.75) is 28.7 Å². The number of aromatic amines is 1. The van der Waals surface area contributed by atoms with Crippen LogP contribution in [0, 0.1) is 11.3 Å². The summed E-state index contributed by atoms with van der Waals surface area (Å²) in [7, 11) is 0. The Hall–Kier alpha value is -3.31. The molecule has 1 fully saturated rings. The molecule has 4 rings (SSSR count). The number of nitrogens with zero attached hydrogens (tertiary/aromatic N) is 4. The van der Waals surface area contributed by atoms with E-state index in [2.05, 4.69) is 31.3 Å². The second kappa shape index (κ2) is 7.51. The molecule has 0 unspecified atom stereocenters. The van der Waals surface area contributed by atoms with Crippen LogP contribution in [0.1, 0.15) is 18.4 Å². The quantitative estimate of drug-likeness (QED) is 0.466. The lowest BCUT2D eigenvalue weighted by Gasteiger charge is -2.09. The summed E-state index contributed by atoms with van der Waals surface area (Å²) in [4.78, 5) is 17.9. The third-order valence-electron chi connectivity index (χ3n) is 4.00. The van der Waals surface area contributed by atoms with E-state index >= 15 is 0 Å². The molecule has 0 atom stereocenters. The highest BCUT2D eigenvalue weighted by molar-refractivity contribution is 7.99. The molecule has 7 nitrogen and oxygen atoms in total. The molecule has 0 aliphatic heterocycles. The van der Waals surface area contributed by atoms with Crippen molar-refractivity contribution in [3.05, 3.63) is 48.3 Å². The van der Waals surface area contributed by atoms with Gasteiger partial charge in [-0.2, -0.15) is 5.26 Å². The highest BCUT2D eigenvalue weighted by atomic mass is 32.2. The number of nitrogens with two attached hydrogens (primary N) is 1. The van der Waals surface area contributed by atoms with Gasteiger partial charge in [-0.05, 0) is 49.2 Å². The molecule has 1 aliphatic carbocycles. The molecule has 4 N–H and O–H groups in total. The summed E-state index contributed by atoms with van der Waals surface area (Å²) in [6.45, 7) is 0. The number of imidazole rings is 1. The lowest BCUT2D eigenvalue weighted by atomic mass is 10.2. The SMILES string of the molecule is N#Cc1ccc(Sc2cc(NC(N)=NC=NC3CC3)c3nc[nH]c3c2)cc1. The monoisotopic (exact) mass is 375 g/mol. The first-order chi connectivity index (χ1) is 13.2. The van der Waals surface area contributed by atoms with Crippen LogP contribution in [0.5, 0.6) is 0 Å². The molecule has 1 aromatic heterocycles. The van der Waals surface area contributed by atoms with E-state index in [0.717, 1.165) is 39.4 Å². The summed E-state index contributed by atoms with van der Waals surface area (Å²) >= 11 is 1.59. The molecule has 3 aromatic rings. The van der Waals surface area contributed by atoms with Crippen LogP contribution in [0.3, 0.4) is 0 Å². The minimum Gasteiger partial charge on any atom is -0.369 e. The van der Waals surface area contributed by atoms with Crippen LogP contribution in [0.2, 0.25) is 0 Å². The first-order valence-corrected chi connectivity index (χ1v) is 9.30. The molecule has 2 aromatic carbocycles. The summed E-state index contributed by atoms with van der Waals surface area (Å²) in [5.74, 6) is 0.268. The zero-order chi connectivity index (χ0) is 18.6. The summed E-state index contributed by atoms with van der Waals surface area (Å²) in [5, 5.41) is 12.0. The van der Waals surface area contributed by atoms with E-state index in [-0.39, 0.29) is 5.96 Å². The van der Waals surface area contributed by atoms with Crippen LogP contribution in [0.15, 0.2) is 62.5 Å². The van der Waals surface area contributed by atoms with Gasteiger partial charge in [-0.25, -0.2) is 9.98 Å². The van der Waals surface area contributed by atoms with Crippen LogP contribution in [-0.4, -0.2) is 28.3 Å². The summed E-state index contributed by atoms with van der Waals surface area (Å²) in [6, 6.07) is 14.0. The van der Waals surface area contributed by atoms with E-state index in [4.69, 9.17) is 11.0 Å². The molecule has 1 aliphatic rings. The molecule has 27 heavy (non-hydrogen) atoms. The lowest BCUT2D eigenvalue weighted by molar-refractivity contribution is 1.07. The first-order valence-electron chi connectivity index (χ1n) is 8.48. The van der Waals surface area contributed by atoms with Crippen LogP contribution in [0.25, 0.3) is 11.0 Å². The van der Waals surface area contributed by atoms with Crippen molar-refractivity contribution < 1.29 is 0 Å². The van der Waals surface area contributed by atoms with Crippen molar-refractivity contribution in [1.82, 2.24) is 9.97 Å². The molecule has 8 heteroatoms. The van der Waals surface area contributed by atoms with Gasteiger partial charge in [0.15, 0.2) is 5.96 Å². The zero-order valence-electron chi connectivity index (χ0n) is 14.4. The predicted molar refractivity (Wildman–Crippen MR) is 108 cm³/mol. The van der Waals surface area contributed by atoms with Crippen molar-refractivity contribution in [1.29, 1.82) is 5.26 Å². The van der Waals surface area contributed by atoms with Gasteiger partial charge >= 0.3 is 0 Å². The third-order valence-corrected chi connectivity index (χ3v) is 4.98. The number of nitriles is 1. The van der Waals surface area contributed by atoms with Gasteiger partial charge in [0.25, 0.3) is 0 Å². The number of aliphatic imine (C=N–C) groups is 2. The maximum Gasteiger partial charge on any atom is 0.199 e. The second-order valence-electron chi connectivity index (χ2n) is 6.14. The number of aromatic nitrogens is 2. The molecular weight excluding hydrogens is 358 g/mol. The minimum absolute atomic E-state index is 0.268. The topological polar surface area (TPSA) is 115 Å². The van der Waals surface area contributed by atoms with E-state index in [1.54, 1.807) is 30.2 Å². The fourth-order valence-electron chi connectivity index (χ4n) is 2.49. The number of H-pyrrole nitrogens is 1. The Morgan fingerprint density at radius 2 is 2.11 bits per heavy atom. The van der Waals surface area contributed by atoms with Gasteiger partial charge in [-0.3, -0.25) is 4.99 Å². The van der Waals surface area contributed by atoms with Gasteiger partial charge in [0, 0.05) is 9.79 Å². The molecular formula is C19H17N7S. The number of guanidine groups is 1. The lowest BCUT2D eigenvalue weighted by Crippen LogP contribution is -2.22. The van der Waals surface area contributed by atoms with Crippen molar-refractivity contribution in [2.75, 3.05) is 5.32 Å². The van der Waals surface area contributed by atoms with Crippen molar-refractivity contribution in [3.8, 4) is 6.07 Å². The Bertz CT molecular complexity index is 1060. The van der Waals surface area contributed by atoms with Gasteiger partial charge in [-0.15, -0.1) is 0 Å². The number of hydrogen-bond acceptors (Lipinski definition) is 4. The molecule has 1 heterocycles. The Labute approximate surface area is 160 Å². The fraction of sp³-hybridized carbons (Fsp3) is 0.158. The minimum atomic E-state index is 0.268. The molecule has 0 spiro atoms. The third kappa shape index (κ3) is 4.27. The smallest absolute Gasteiger partial charge is 0.199 e. The van der Waals surface area contributed by atoms with Crippen molar-refractivity contribution in [2.24, 2.45) is 15.7 Å². The van der Waals surface area contributed by atoms with Crippen LogP contribution >= 0.6 is 11.8 Å². The fourth-order valence-corrected chi connectivity index (χ4v) is 3.39. The molecule has 0 amide bonds. The normalized spacial score (nSPS) is 14.6. The Morgan fingerprint density at radius 1 is 1.30 bits per heavy atom. The Kier molecular flexibility index (Phi) is 4.77. The first kappa shape index (κ1) is 17.1. The number of anilines is 1. The molecule has 0 saturated heterocycles. The Morgan fingerprint density at radius 3 is 2.85 bits per heavy atom. The average molecular weight is 375 g/mol. The van der Waals surface area contributed by atoms with Gasteiger partial charge in [0.2, 0.25) is 0 Å². The zero-order valence-corrected chi connectivity index (χ0v) is 15.2.